The van der Waals surface area contributed by atoms with Gasteiger partial charge in [0.25, 0.3) is 0 Å². The zero-order valence-corrected chi connectivity index (χ0v) is 17.1. The fraction of sp³-hybridized carbons (Fsp3) is 0.400. The number of hydrogen-bond donors (Lipinski definition) is 1. The standard InChI is InChI=1S/C20H31NSi2/c1-5-22(6-2,20-17-13-10-14-18-20)23(7-3,8-4)21-19-15-11-9-12-16-19/h9-18,21H,5-8H2,1-4H3. The van der Waals surface area contributed by atoms with Gasteiger partial charge in [0.2, 0.25) is 0 Å². The first-order valence-electron chi connectivity index (χ1n) is 9.06. The summed E-state index contributed by atoms with van der Waals surface area (Å²) in [5, 5.41) is 1.66. The van der Waals surface area contributed by atoms with Gasteiger partial charge < -0.3 is 4.98 Å². The second-order valence-corrected chi connectivity index (χ2v) is 20.2. The Bertz CT molecular complexity index is 575. The third-order valence-corrected chi connectivity index (χ3v) is 25.7. The lowest BCUT2D eigenvalue weighted by Gasteiger charge is -2.48. The Morgan fingerprint density at radius 3 is 1.57 bits per heavy atom. The maximum Gasteiger partial charge on any atom is 0.147 e. The average Bonchev–Trinajstić information content (AvgIpc) is 2.64. The van der Waals surface area contributed by atoms with Crippen molar-refractivity contribution in [3.63, 3.8) is 0 Å². The minimum atomic E-state index is -1.62. The van der Waals surface area contributed by atoms with Gasteiger partial charge >= 0.3 is 0 Å². The van der Waals surface area contributed by atoms with E-state index in [1.165, 1.54) is 29.9 Å². The number of anilines is 1. The topological polar surface area (TPSA) is 12.0 Å². The molecular weight excluding hydrogens is 310 g/mol. The van der Waals surface area contributed by atoms with Gasteiger partial charge in [-0.2, -0.15) is 0 Å². The molecule has 0 saturated heterocycles. The Balaban J connectivity index is 2.54. The van der Waals surface area contributed by atoms with E-state index in [2.05, 4.69) is 93.3 Å². The van der Waals surface area contributed by atoms with E-state index in [1.807, 2.05) is 0 Å². The highest BCUT2D eigenvalue weighted by Gasteiger charge is 2.52. The molecule has 0 radical (unpaired) electrons. The Morgan fingerprint density at radius 1 is 0.652 bits per heavy atom. The van der Waals surface area contributed by atoms with E-state index in [9.17, 15) is 0 Å². The Kier molecular flexibility index (Phi) is 6.25. The summed E-state index contributed by atoms with van der Waals surface area (Å²) in [4.78, 5) is 4.13. The molecule has 0 fully saturated rings. The first-order valence-corrected chi connectivity index (χ1v) is 14.9. The molecule has 0 aliphatic carbocycles. The normalized spacial score (nSPS) is 12.2. The molecular formula is C20H31NSi2. The molecule has 2 aromatic carbocycles. The van der Waals surface area contributed by atoms with E-state index in [0.717, 1.165) is 0 Å². The number of hydrogen-bond acceptors (Lipinski definition) is 1. The van der Waals surface area contributed by atoms with Crippen LogP contribution in [0.3, 0.4) is 0 Å². The number of rotatable bonds is 8. The maximum absolute atomic E-state index is 4.13. The van der Waals surface area contributed by atoms with E-state index in [1.54, 1.807) is 5.19 Å². The number of nitrogens with one attached hydrogen (secondary N) is 1. The molecule has 0 aromatic heterocycles. The van der Waals surface area contributed by atoms with E-state index in [0.29, 0.717) is 0 Å². The lowest BCUT2D eigenvalue weighted by atomic mass is 10.3. The maximum atomic E-state index is 4.13. The molecule has 0 bridgehead atoms. The molecule has 3 heteroatoms. The minimum Gasteiger partial charge on any atom is -0.412 e. The van der Waals surface area contributed by atoms with E-state index in [4.69, 9.17) is 0 Å². The largest absolute Gasteiger partial charge is 0.412 e. The summed E-state index contributed by atoms with van der Waals surface area (Å²) in [5.41, 5.74) is 1.32. The molecule has 0 amide bonds. The Hall–Kier alpha value is -1.33. The number of benzene rings is 2. The molecule has 1 nitrogen and oxygen atoms in total. The van der Waals surface area contributed by atoms with Crippen molar-refractivity contribution in [3.05, 3.63) is 60.7 Å². The Labute approximate surface area is 144 Å². The molecule has 0 heterocycles. The highest BCUT2D eigenvalue weighted by molar-refractivity contribution is 7.48. The van der Waals surface area contributed by atoms with Crippen LogP contribution in [0.2, 0.25) is 24.2 Å². The molecule has 23 heavy (non-hydrogen) atoms. The third kappa shape index (κ3) is 3.31. The molecule has 0 aliphatic heterocycles. The summed E-state index contributed by atoms with van der Waals surface area (Å²) in [7, 11) is -3.17. The Morgan fingerprint density at radius 2 is 1.13 bits per heavy atom. The van der Waals surface area contributed by atoms with Crippen LogP contribution in [0, 0.1) is 0 Å². The first kappa shape index (κ1) is 18.0. The first-order chi connectivity index (χ1) is 11.2. The summed E-state index contributed by atoms with van der Waals surface area (Å²) in [6.45, 7) is 9.70. The van der Waals surface area contributed by atoms with Crippen LogP contribution in [-0.2, 0) is 0 Å². The molecule has 0 unspecified atom stereocenters. The van der Waals surface area contributed by atoms with E-state index >= 15 is 0 Å². The van der Waals surface area contributed by atoms with Crippen LogP contribution >= 0.6 is 0 Å². The van der Waals surface area contributed by atoms with Crippen LogP contribution in [0.15, 0.2) is 60.7 Å². The summed E-state index contributed by atoms with van der Waals surface area (Å²) < 4.78 is 0. The van der Waals surface area contributed by atoms with E-state index < -0.39 is 15.3 Å². The summed E-state index contributed by atoms with van der Waals surface area (Å²) in [5.74, 6) is 0. The molecule has 1 N–H and O–H groups in total. The van der Waals surface area contributed by atoms with Crippen LogP contribution in [-0.4, -0.2) is 15.3 Å². The fourth-order valence-corrected chi connectivity index (χ4v) is 23.0. The second-order valence-electron chi connectivity index (χ2n) is 6.44. The molecule has 2 rings (SSSR count). The third-order valence-electron chi connectivity index (χ3n) is 5.81. The van der Waals surface area contributed by atoms with Crippen molar-refractivity contribution in [2.24, 2.45) is 0 Å². The molecule has 0 spiro atoms. The lowest BCUT2D eigenvalue weighted by Crippen LogP contribution is -2.72. The van der Waals surface area contributed by atoms with Gasteiger partial charge in [0, 0.05) is 5.69 Å². The highest BCUT2D eigenvalue weighted by Crippen LogP contribution is 2.34. The van der Waals surface area contributed by atoms with Gasteiger partial charge in [0.15, 0.2) is 0 Å². The SMILES string of the molecule is CC[Si](CC)(Nc1ccccc1)[Si](CC)(CC)c1ccccc1. The smallest absolute Gasteiger partial charge is 0.147 e. The minimum absolute atomic E-state index is 1.31. The van der Waals surface area contributed by atoms with Crippen LogP contribution in [0.4, 0.5) is 5.69 Å². The molecule has 0 atom stereocenters. The predicted octanol–water partition coefficient (Wildman–Crippen LogP) is 5.56. The van der Waals surface area contributed by atoms with Crippen molar-refractivity contribution in [2.75, 3.05) is 4.98 Å². The monoisotopic (exact) mass is 341 g/mol. The van der Waals surface area contributed by atoms with Crippen molar-refractivity contribution >= 4 is 26.2 Å². The molecule has 0 saturated carbocycles. The zero-order chi connectivity index (χ0) is 16.8. The van der Waals surface area contributed by atoms with Crippen LogP contribution in [0.25, 0.3) is 0 Å². The quantitative estimate of drug-likeness (QED) is 0.620. The van der Waals surface area contributed by atoms with Crippen molar-refractivity contribution < 1.29 is 0 Å². The van der Waals surface area contributed by atoms with Gasteiger partial charge in [0.05, 0.1) is 0 Å². The van der Waals surface area contributed by atoms with Gasteiger partial charge in [0.1, 0.15) is 15.3 Å². The average molecular weight is 342 g/mol. The van der Waals surface area contributed by atoms with Crippen LogP contribution < -0.4 is 10.2 Å². The van der Waals surface area contributed by atoms with Gasteiger partial charge in [-0.25, -0.2) is 0 Å². The van der Waals surface area contributed by atoms with Gasteiger partial charge in [-0.3, -0.25) is 0 Å². The zero-order valence-electron chi connectivity index (χ0n) is 15.1. The van der Waals surface area contributed by atoms with E-state index in [-0.39, 0.29) is 0 Å². The molecule has 0 aliphatic rings. The highest BCUT2D eigenvalue weighted by atomic mass is 29.3. The van der Waals surface area contributed by atoms with Crippen molar-refractivity contribution in [1.82, 2.24) is 0 Å². The van der Waals surface area contributed by atoms with Gasteiger partial charge in [-0.15, -0.1) is 0 Å². The fourth-order valence-electron chi connectivity index (χ4n) is 4.39. The van der Waals surface area contributed by atoms with Crippen LogP contribution in [0.1, 0.15) is 27.7 Å². The summed E-state index contributed by atoms with van der Waals surface area (Å²) in [6.07, 6.45) is 0. The van der Waals surface area contributed by atoms with Crippen LogP contribution in [0.5, 0.6) is 0 Å². The van der Waals surface area contributed by atoms with Crippen molar-refractivity contribution in [3.8, 4) is 0 Å². The second kappa shape index (κ2) is 7.98. The van der Waals surface area contributed by atoms with Crippen molar-refractivity contribution in [2.45, 2.75) is 51.9 Å². The van der Waals surface area contributed by atoms with Gasteiger partial charge in [-0.05, 0) is 24.2 Å². The lowest BCUT2D eigenvalue weighted by molar-refractivity contribution is 1.22. The number of para-hydroxylation sites is 1. The molecule has 2 aromatic rings. The summed E-state index contributed by atoms with van der Waals surface area (Å²) >= 11 is 0. The molecule has 124 valence electrons. The summed E-state index contributed by atoms with van der Waals surface area (Å²) in [6, 6.07) is 27.6. The van der Waals surface area contributed by atoms with Crippen molar-refractivity contribution in [1.29, 1.82) is 0 Å². The van der Waals surface area contributed by atoms with Gasteiger partial charge in [-0.1, -0.05) is 93.5 Å². The predicted molar refractivity (Wildman–Crippen MR) is 110 cm³/mol.